The first-order chi connectivity index (χ1) is 14.6. The molecule has 7 nitrogen and oxygen atoms in total. The molecule has 1 aromatic carbocycles. The molecule has 3 aromatic rings. The lowest BCUT2D eigenvalue weighted by molar-refractivity contribution is -0.118. The minimum atomic E-state index is -0.0262. The van der Waals surface area contributed by atoms with E-state index in [-0.39, 0.29) is 17.8 Å². The normalized spacial score (nSPS) is 11.0. The summed E-state index contributed by atoms with van der Waals surface area (Å²) in [6.45, 7) is 5.87. The van der Waals surface area contributed by atoms with Crippen LogP contribution in [-0.2, 0) is 16.1 Å². The average molecular weight is 426 g/mol. The van der Waals surface area contributed by atoms with Gasteiger partial charge in [-0.05, 0) is 38.0 Å². The largest absolute Gasteiger partial charge is 0.379 e. The van der Waals surface area contributed by atoms with Crippen LogP contribution >= 0.6 is 11.8 Å². The number of ether oxygens (including phenoxy) is 1. The number of thioether (sulfide) groups is 1. The average Bonchev–Trinajstić information content (AvgIpc) is 3.15. The topological polar surface area (TPSA) is 81.9 Å². The Morgan fingerprint density at radius 2 is 2.00 bits per heavy atom. The van der Waals surface area contributed by atoms with Crippen LogP contribution in [0.2, 0.25) is 0 Å². The molecule has 30 heavy (non-hydrogen) atoms. The summed E-state index contributed by atoms with van der Waals surface area (Å²) in [6, 6.07) is 14.0. The molecule has 158 valence electrons. The highest BCUT2D eigenvalue weighted by Gasteiger charge is 2.16. The van der Waals surface area contributed by atoms with Gasteiger partial charge >= 0.3 is 0 Å². The maximum absolute atomic E-state index is 12.2. The number of hydrogen-bond donors (Lipinski definition) is 1. The summed E-state index contributed by atoms with van der Waals surface area (Å²) in [7, 11) is 0. The van der Waals surface area contributed by atoms with Gasteiger partial charge in [-0.25, -0.2) is 0 Å². The first-order valence-electron chi connectivity index (χ1n) is 10.0. The van der Waals surface area contributed by atoms with Gasteiger partial charge in [0.2, 0.25) is 5.91 Å². The van der Waals surface area contributed by atoms with Crippen molar-refractivity contribution in [1.29, 1.82) is 0 Å². The summed E-state index contributed by atoms with van der Waals surface area (Å²) in [5.41, 5.74) is 2.03. The van der Waals surface area contributed by atoms with Gasteiger partial charge in [-0.2, -0.15) is 0 Å². The van der Waals surface area contributed by atoms with Crippen molar-refractivity contribution in [3.05, 3.63) is 60.4 Å². The Morgan fingerprint density at radius 1 is 1.17 bits per heavy atom. The predicted molar refractivity (Wildman–Crippen MR) is 118 cm³/mol. The summed E-state index contributed by atoms with van der Waals surface area (Å²) >= 11 is 1.38. The zero-order valence-corrected chi connectivity index (χ0v) is 18.1. The fourth-order valence-electron chi connectivity index (χ4n) is 2.81. The Kier molecular flexibility index (Phi) is 8.41. The molecule has 0 radical (unpaired) electrons. The number of hydrogen-bond acceptors (Lipinski definition) is 6. The van der Waals surface area contributed by atoms with E-state index in [0.29, 0.717) is 24.9 Å². The van der Waals surface area contributed by atoms with Gasteiger partial charge in [0.05, 0.1) is 18.4 Å². The van der Waals surface area contributed by atoms with Gasteiger partial charge in [0.15, 0.2) is 11.0 Å². The molecular formula is C22H27N5O2S. The summed E-state index contributed by atoms with van der Waals surface area (Å²) in [5, 5.41) is 12.3. The van der Waals surface area contributed by atoms with E-state index in [1.54, 1.807) is 12.4 Å². The third kappa shape index (κ3) is 6.67. The van der Waals surface area contributed by atoms with Crippen molar-refractivity contribution in [3.63, 3.8) is 0 Å². The highest BCUT2D eigenvalue weighted by atomic mass is 32.2. The molecule has 0 aliphatic heterocycles. The second-order valence-electron chi connectivity index (χ2n) is 7.03. The van der Waals surface area contributed by atoms with Gasteiger partial charge in [-0.3, -0.25) is 14.3 Å². The number of carbonyl (C=O) groups is 1. The fourth-order valence-corrected chi connectivity index (χ4v) is 3.58. The van der Waals surface area contributed by atoms with Crippen molar-refractivity contribution in [1.82, 2.24) is 25.1 Å². The van der Waals surface area contributed by atoms with Crippen LogP contribution in [0.15, 0.2) is 60.0 Å². The van der Waals surface area contributed by atoms with Crippen LogP contribution in [0.3, 0.4) is 0 Å². The lowest BCUT2D eigenvalue weighted by Crippen LogP contribution is -2.27. The highest BCUT2D eigenvalue weighted by molar-refractivity contribution is 7.99. The SMILES string of the molecule is CC(C)OCCCNC(=O)CSc1nnc(-c2cccnc2)n1Cc1ccccc1. The van der Waals surface area contributed by atoms with Gasteiger partial charge in [-0.15, -0.1) is 10.2 Å². The van der Waals surface area contributed by atoms with Crippen molar-refractivity contribution in [3.8, 4) is 11.4 Å². The van der Waals surface area contributed by atoms with Crippen molar-refractivity contribution in [2.75, 3.05) is 18.9 Å². The van der Waals surface area contributed by atoms with Crippen LogP contribution in [0.4, 0.5) is 0 Å². The van der Waals surface area contributed by atoms with Crippen molar-refractivity contribution in [2.24, 2.45) is 0 Å². The van der Waals surface area contributed by atoms with Gasteiger partial charge in [0, 0.05) is 31.1 Å². The molecule has 2 heterocycles. The Bertz CT molecular complexity index is 916. The molecule has 0 aliphatic carbocycles. The lowest BCUT2D eigenvalue weighted by Gasteiger charge is -2.11. The Hall–Kier alpha value is -2.71. The molecule has 0 atom stereocenters. The zero-order chi connectivity index (χ0) is 21.2. The highest BCUT2D eigenvalue weighted by Crippen LogP contribution is 2.24. The van der Waals surface area contributed by atoms with Crippen molar-refractivity contribution < 1.29 is 9.53 Å². The van der Waals surface area contributed by atoms with E-state index in [2.05, 4.69) is 32.6 Å². The molecule has 1 amide bonds. The quantitative estimate of drug-likeness (QED) is 0.374. The smallest absolute Gasteiger partial charge is 0.230 e. The third-order valence-electron chi connectivity index (χ3n) is 4.25. The van der Waals surface area contributed by atoms with Crippen LogP contribution < -0.4 is 5.32 Å². The number of pyridine rings is 1. The van der Waals surface area contributed by atoms with Crippen LogP contribution in [0.5, 0.6) is 0 Å². The number of rotatable bonds is 11. The van der Waals surface area contributed by atoms with E-state index in [4.69, 9.17) is 4.74 Å². The van der Waals surface area contributed by atoms with Crippen molar-refractivity contribution >= 4 is 17.7 Å². The van der Waals surface area contributed by atoms with Crippen LogP contribution in [0.1, 0.15) is 25.8 Å². The number of carbonyl (C=O) groups excluding carboxylic acids is 1. The third-order valence-corrected chi connectivity index (χ3v) is 5.21. The number of nitrogens with one attached hydrogen (secondary N) is 1. The maximum atomic E-state index is 12.2. The Balaban J connectivity index is 1.64. The van der Waals surface area contributed by atoms with E-state index in [1.807, 2.05) is 48.7 Å². The first-order valence-corrected chi connectivity index (χ1v) is 11.0. The van der Waals surface area contributed by atoms with Crippen LogP contribution in [-0.4, -0.2) is 50.7 Å². The molecular weight excluding hydrogens is 398 g/mol. The molecule has 2 aromatic heterocycles. The second kappa shape index (κ2) is 11.5. The molecule has 0 bridgehead atoms. The molecule has 3 rings (SSSR count). The summed E-state index contributed by atoms with van der Waals surface area (Å²) < 4.78 is 7.52. The van der Waals surface area contributed by atoms with Crippen LogP contribution in [0.25, 0.3) is 11.4 Å². The molecule has 1 N–H and O–H groups in total. The number of amides is 1. The fraction of sp³-hybridized carbons (Fsp3) is 0.364. The molecule has 0 spiro atoms. The maximum Gasteiger partial charge on any atom is 0.230 e. The summed E-state index contributed by atoms with van der Waals surface area (Å²) in [6.07, 6.45) is 4.50. The predicted octanol–water partition coefficient (Wildman–Crippen LogP) is 3.41. The Labute approximate surface area is 181 Å². The minimum Gasteiger partial charge on any atom is -0.379 e. The standard InChI is InChI=1S/C22H27N5O2S/c1-17(2)29-13-7-12-24-20(28)16-30-22-26-25-21(19-10-6-11-23-14-19)27(22)15-18-8-4-3-5-9-18/h3-6,8-11,14,17H,7,12-13,15-16H2,1-2H3,(H,24,28). The minimum absolute atomic E-state index is 0.0262. The van der Waals surface area contributed by atoms with E-state index < -0.39 is 0 Å². The molecule has 0 fully saturated rings. The van der Waals surface area contributed by atoms with E-state index in [9.17, 15) is 4.79 Å². The van der Waals surface area contributed by atoms with Gasteiger partial charge in [-0.1, -0.05) is 42.1 Å². The molecule has 0 aliphatic rings. The molecule has 0 unspecified atom stereocenters. The van der Waals surface area contributed by atoms with Crippen molar-refractivity contribution in [2.45, 2.75) is 38.1 Å². The van der Waals surface area contributed by atoms with E-state index in [0.717, 1.165) is 23.4 Å². The molecule has 0 saturated carbocycles. The molecule has 8 heteroatoms. The number of nitrogens with zero attached hydrogens (tertiary/aromatic N) is 4. The number of benzene rings is 1. The van der Waals surface area contributed by atoms with Crippen LogP contribution in [0, 0.1) is 0 Å². The Morgan fingerprint density at radius 3 is 2.73 bits per heavy atom. The van der Waals surface area contributed by atoms with Gasteiger partial charge in [0.1, 0.15) is 0 Å². The summed E-state index contributed by atoms with van der Waals surface area (Å²) in [4.78, 5) is 16.4. The zero-order valence-electron chi connectivity index (χ0n) is 17.3. The van der Waals surface area contributed by atoms with E-state index >= 15 is 0 Å². The lowest BCUT2D eigenvalue weighted by atomic mass is 10.2. The molecule has 0 saturated heterocycles. The summed E-state index contributed by atoms with van der Waals surface area (Å²) in [5.74, 6) is 0.993. The second-order valence-corrected chi connectivity index (χ2v) is 7.97. The number of aromatic nitrogens is 4. The van der Waals surface area contributed by atoms with E-state index in [1.165, 1.54) is 11.8 Å². The monoisotopic (exact) mass is 425 g/mol. The van der Waals surface area contributed by atoms with Gasteiger partial charge in [0.25, 0.3) is 0 Å². The first kappa shape index (κ1) is 22.0. The van der Waals surface area contributed by atoms with Gasteiger partial charge < -0.3 is 10.1 Å².